The van der Waals surface area contributed by atoms with E-state index in [0.717, 1.165) is 16.4 Å². The van der Waals surface area contributed by atoms with Crippen molar-refractivity contribution < 1.29 is 4.43 Å². The lowest BCUT2D eigenvalue weighted by atomic mass is 10.0. The maximum atomic E-state index is 5.62. The van der Waals surface area contributed by atoms with E-state index in [1.807, 2.05) is 0 Å². The molecule has 0 aromatic heterocycles. The molecule has 0 bridgehead atoms. The lowest BCUT2D eigenvalue weighted by molar-refractivity contribution is 0.319. The molecule has 138 valence electrons. The maximum Gasteiger partial charge on any atom is 0.229 e. The Kier molecular flexibility index (Phi) is 22.3. The molecule has 2 radical (unpaired) electrons. The molecule has 0 rings (SSSR count). The monoisotopic (exact) mass is 340 g/mol. The maximum absolute atomic E-state index is 5.62. The summed E-state index contributed by atoms with van der Waals surface area (Å²) in [4.78, 5) is 0. The Hall–Kier alpha value is 0.177. The van der Waals surface area contributed by atoms with Crippen LogP contribution in [-0.2, 0) is 4.43 Å². The molecule has 0 heterocycles. The van der Waals surface area contributed by atoms with Crippen molar-refractivity contribution in [2.45, 2.75) is 129 Å². The van der Waals surface area contributed by atoms with Crippen molar-refractivity contribution in [2.24, 2.45) is 0 Å². The number of hydrogen-bond donors (Lipinski definition) is 0. The van der Waals surface area contributed by atoms with Gasteiger partial charge >= 0.3 is 0 Å². The molecule has 1 nitrogen and oxygen atoms in total. The van der Waals surface area contributed by atoms with Crippen LogP contribution in [0.3, 0.4) is 0 Å². The Morgan fingerprint density at radius 1 is 0.478 bits per heavy atom. The van der Waals surface area contributed by atoms with Gasteiger partial charge < -0.3 is 4.43 Å². The fourth-order valence-corrected chi connectivity index (χ4v) is 3.61. The summed E-state index contributed by atoms with van der Waals surface area (Å²) in [5, 5.41) is 0. The highest BCUT2D eigenvalue weighted by Gasteiger charge is 1.95. The quantitative estimate of drug-likeness (QED) is 0.163. The number of rotatable bonds is 20. The van der Waals surface area contributed by atoms with Crippen LogP contribution in [0, 0.1) is 0 Å². The summed E-state index contributed by atoms with van der Waals surface area (Å²) in [7, 11) is 0.743. The third-order valence-corrected chi connectivity index (χ3v) is 5.67. The van der Waals surface area contributed by atoms with E-state index < -0.39 is 0 Å². The highest BCUT2D eigenvalue weighted by Crippen LogP contribution is 2.13. The predicted molar refractivity (Wildman–Crippen MR) is 106 cm³/mol. The topological polar surface area (TPSA) is 9.23 Å². The van der Waals surface area contributed by atoms with Gasteiger partial charge in [-0.2, -0.15) is 0 Å². The van der Waals surface area contributed by atoms with Gasteiger partial charge in [0.15, 0.2) is 0 Å². The zero-order valence-corrected chi connectivity index (χ0v) is 17.3. The van der Waals surface area contributed by atoms with E-state index in [1.165, 1.54) is 115 Å². The molecule has 23 heavy (non-hydrogen) atoms. The van der Waals surface area contributed by atoms with Crippen molar-refractivity contribution in [2.75, 3.05) is 6.61 Å². The van der Waals surface area contributed by atoms with Gasteiger partial charge in [-0.1, -0.05) is 117 Å². The molecule has 0 fully saturated rings. The first kappa shape index (κ1) is 23.2. The van der Waals surface area contributed by atoms with Crippen LogP contribution in [0.25, 0.3) is 0 Å². The first-order chi connectivity index (χ1) is 11.4. The molecular weight excluding hydrogens is 296 g/mol. The highest BCUT2D eigenvalue weighted by atomic mass is 28.2. The second-order valence-corrected chi connectivity index (χ2v) is 8.12. The zero-order valence-electron chi connectivity index (χ0n) is 16.3. The standard InChI is InChI=1S/C21H44OSi/c1-3-5-6-7-8-9-10-11-12-13-14-15-16-17-18-19-20-22-23-21-4-2/h3-21H2,1-2H3. The molecule has 0 aromatic rings. The van der Waals surface area contributed by atoms with E-state index in [9.17, 15) is 0 Å². The van der Waals surface area contributed by atoms with Crippen molar-refractivity contribution in [1.29, 1.82) is 0 Å². The van der Waals surface area contributed by atoms with Gasteiger partial charge in [0.2, 0.25) is 9.76 Å². The first-order valence-electron chi connectivity index (χ1n) is 10.8. The highest BCUT2D eigenvalue weighted by molar-refractivity contribution is 6.26. The van der Waals surface area contributed by atoms with E-state index in [0.29, 0.717) is 0 Å². The van der Waals surface area contributed by atoms with Crippen LogP contribution in [-0.4, -0.2) is 16.4 Å². The largest absolute Gasteiger partial charge is 0.417 e. The van der Waals surface area contributed by atoms with E-state index in [-0.39, 0.29) is 0 Å². The molecule has 0 atom stereocenters. The van der Waals surface area contributed by atoms with Crippen LogP contribution >= 0.6 is 0 Å². The van der Waals surface area contributed by atoms with Crippen LogP contribution in [0.1, 0.15) is 123 Å². The predicted octanol–water partition coefficient (Wildman–Crippen LogP) is 7.71. The van der Waals surface area contributed by atoms with Crippen LogP contribution in [0.5, 0.6) is 0 Å². The average molecular weight is 341 g/mol. The minimum absolute atomic E-state index is 0.743. The van der Waals surface area contributed by atoms with Crippen LogP contribution in [0.2, 0.25) is 6.04 Å². The minimum Gasteiger partial charge on any atom is -0.417 e. The van der Waals surface area contributed by atoms with Crippen molar-refractivity contribution in [3.63, 3.8) is 0 Å². The Morgan fingerprint density at radius 3 is 1.26 bits per heavy atom. The van der Waals surface area contributed by atoms with E-state index >= 15 is 0 Å². The lowest BCUT2D eigenvalue weighted by Gasteiger charge is -2.04. The summed E-state index contributed by atoms with van der Waals surface area (Å²) in [5.74, 6) is 0. The molecule has 0 saturated heterocycles. The third-order valence-electron chi connectivity index (χ3n) is 4.55. The van der Waals surface area contributed by atoms with Crippen molar-refractivity contribution >= 4 is 9.76 Å². The molecular formula is C21H44OSi. The summed E-state index contributed by atoms with van der Waals surface area (Å²) in [6, 6.07) is 1.25. The van der Waals surface area contributed by atoms with Gasteiger partial charge in [-0.25, -0.2) is 0 Å². The summed E-state index contributed by atoms with van der Waals surface area (Å²) in [6.07, 6.45) is 24.3. The van der Waals surface area contributed by atoms with Gasteiger partial charge in [0.05, 0.1) is 0 Å². The fourth-order valence-electron chi connectivity index (χ4n) is 2.97. The molecule has 2 heteroatoms. The van der Waals surface area contributed by atoms with E-state index in [1.54, 1.807) is 0 Å². The normalized spacial score (nSPS) is 11.2. The van der Waals surface area contributed by atoms with Gasteiger partial charge in [0, 0.05) is 6.61 Å². The molecule has 0 spiro atoms. The molecule has 0 N–H and O–H groups in total. The van der Waals surface area contributed by atoms with Gasteiger partial charge in [-0.3, -0.25) is 0 Å². The van der Waals surface area contributed by atoms with Crippen LogP contribution in [0.15, 0.2) is 0 Å². The molecule has 0 aliphatic carbocycles. The SMILES string of the molecule is CCCCCCCCCCCCCCCCCCO[Si]CCC. The number of unbranched alkanes of at least 4 members (excludes halogenated alkanes) is 15. The second kappa shape index (κ2) is 22.2. The fraction of sp³-hybridized carbons (Fsp3) is 1.00. The van der Waals surface area contributed by atoms with Crippen molar-refractivity contribution in [3.05, 3.63) is 0 Å². The van der Waals surface area contributed by atoms with Gasteiger partial charge in [-0.15, -0.1) is 0 Å². The first-order valence-corrected chi connectivity index (χ1v) is 11.9. The lowest BCUT2D eigenvalue weighted by Crippen LogP contribution is -1.99. The van der Waals surface area contributed by atoms with Gasteiger partial charge in [0.25, 0.3) is 0 Å². The summed E-state index contributed by atoms with van der Waals surface area (Å²) in [6.45, 7) is 5.52. The van der Waals surface area contributed by atoms with Crippen LogP contribution in [0.4, 0.5) is 0 Å². The second-order valence-electron chi connectivity index (χ2n) is 7.05. The van der Waals surface area contributed by atoms with Crippen molar-refractivity contribution in [3.8, 4) is 0 Å². The van der Waals surface area contributed by atoms with Gasteiger partial charge in [0.1, 0.15) is 0 Å². The Bertz CT molecular complexity index is 176. The molecule has 0 saturated carbocycles. The summed E-state index contributed by atoms with van der Waals surface area (Å²) >= 11 is 0. The minimum atomic E-state index is 0.743. The Morgan fingerprint density at radius 2 is 0.870 bits per heavy atom. The van der Waals surface area contributed by atoms with Crippen LogP contribution < -0.4 is 0 Å². The molecule has 0 unspecified atom stereocenters. The Labute approximate surface area is 150 Å². The number of hydrogen-bond acceptors (Lipinski definition) is 1. The molecule has 0 amide bonds. The molecule has 0 aromatic carbocycles. The van der Waals surface area contributed by atoms with E-state index in [2.05, 4.69) is 13.8 Å². The average Bonchev–Trinajstić information content (AvgIpc) is 2.57. The third kappa shape index (κ3) is 22.2. The molecule has 0 aliphatic rings. The Balaban J connectivity index is 2.92. The summed E-state index contributed by atoms with van der Waals surface area (Å²) < 4.78 is 5.62. The zero-order chi connectivity index (χ0) is 16.8. The van der Waals surface area contributed by atoms with Crippen molar-refractivity contribution in [1.82, 2.24) is 0 Å². The van der Waals surface area contributed by atoms with Gasteiger partial charge in [-0.05, 0) is 12.5 Å². The summed E-state index contributed by atoms with van der Waals surface area (Å²) in [5.41, 5.74) is 0. The molecule has 0 aliphatic heterocycles. The smallest absolute Gasteiger partial charge is 0.229 e. The van der Waals surface area contributed by atoms with E-state index in [4.69, 9.17) is 4.43 Å².